The minimum atomic E-state index is -0.344. The Morgan fingerprint density at radius 3 is 2.89 bits per heavy atom. The first-order valence-electron chi connectivity index (χ1n) is 9.21. The Kier molecular flexibility index (Phi) is 5.87. The van der Waals surface area contributed by atoms with Gasteiger partial charge in [-0.3, -0.25) is 4.40 Å². The van der Waals surface area contributed by atoms with Crippen molar-refractivity contribution in [1.82, 2.24) is 9.38 Å². The number of hydrogen-bond acceptors (Lipinski definition) is 4. The number of rotatable bonds is 3. The summed E-state index contributed by atoms with van der Waals surface area (Å²) in [5.41, 5.74) is 5.52. The maximum Gasteiger partial charge on any atom is 0.357 e. The van der Waals surface area contributed by atoms with E-state index in [4.69, 9.17) is 21.3 Å². The van der Waals surface area contributed by atoms with Crippen molar-refractivity contribution in [2.45, 2.75) is 33.2 Å². The Bertz CT molecular complexity index is 1030. The third-order valence-corrected chi connectivity index (χ3v) is 5.46. The smallest absolute Gasteiger partial charge is 0.357 e. The summed E-state index contributed by atoms with van der Waals surface area (Å²) >= 11 is 6.23. The Balaban J connectivity index is 0.00000225. The fourth-order valence-corrected chi connectivity index (χ4v) is 4.13. The quantitative estimate of drug-likeness (QED) is 0.559. The lowest BCUT2D eigenvalue weighted by molar-refractivity contribution is 0.0517. The van der Waals surface area contributed by atoms with E-state index < -0.39 is 0 Å². The van der Waals surface area contributed by atoms with Crippen LogP contribution in [0.5, 0.6) is 0 Å². The number of esters is 1. The van der Waals surface area contributed by atoms with Crippen molar-refractivity contribution in [1.29, 1.82) is 0 Å². The van der Waals surface area contributed by atoms with Crippen LogP contribution >= 0.6 is 24.0 Å². The van der Waals surface area contributed by atoms with Crippen molar-refractivity contribution in [3.05, 3.63) is 64.1 Å². The number of carbonyl (C=O) groups excluding carboxylic acids is 1. The maximum atomic E-state index is 12.4. The van der Waals surface area contributed by atoms with E-state index in [1.165, 1.54) is 11.1 Å². The van der Waals surface area contributed by atoms with Crippen LogP contribution in [0.1, 0.15) is 47.2 Å². The number of imidazole rings is 1. The van der Waals surface area contributed by atoms with Crippen LogP contribution in [0.3, 0.4) is 0 Å². The van der Waals surface area contributed by atoms with Crippen molar-refractivity contribution in [3.63, 3.8) is 0 Å². The molecule has 148 valence electrons. The molecule has 0 radical (unpaired) electrons. The van der Waals surface area contributed by atoms with Gasteiger partial charge in [0.1, 0.15) is 0 Å². The van der Waals surface area contributed by atoms with Crippen LogP contribution in [0.4, 0.5) is 5.69 Å². The van der Waals surface area contributed by atoms with Crippen LogP contribution in [-0.4, -0.2) is 28.5 Å². The van der Waals surface area contributed by atoms with E-state index in [2.05, 4.69) is 30.0 Å². The number of pyridine rings is 1. The molecule has 5 nitrogen and oxygen atoms in total. The molecular weight excluding hydrogens is 397 g/mol. The molecule has 0 fully saturated rings. The average molecular weight is 420 g/mol. The summed E-state index contributed by atoms with van der Waals surface area (Å²) < 4.78 is 7.05. The first kappa shape index (κ1) is 20.5. The van der Waals surface area contributed by atoms with E-state index in [0.717, 1.165) is 29.3 Å². The lowest BCUT2D eigenvalue weighted by Gasteiger charge is -2.37. The third-order valence-electron chi connectivity index (χ3n) is 5.23. The summed E-state index contributed by atoms with van der Waals surface area (Å²) in [6, 6.07) is 10.3. The molecule has 1 unspecified atom stereocenters. The number of carbonyl (C=O) groups is 1. The van der Waals surface area contributed by atoms with Gasteiger partial charge in [-0.15, -0.1) is 12.4 Å². The van der Waals surface area contributed by atoms with Gasteiger partial charge in [-0.1, -0.05) is 17.7 Å². The van der Waals surface area contributed by atoms with Crippen molar-refractivity contribution in [2.75, 3.05) is 18.1 Å². The lowest BCUT2D eigenvalue weighted by atomic mass is 9.93. The van der Waals surface area contributed by atoms with Crippen molar-refractivity contribution in [2.24, 2.45) is 0 Å². The number of halogens is 2. The van der Waals surface area contributed by atoms with Gasteiger partial charge in [-0.2, -0.15) is 0 Å². The molecule has 0 saturated carbocycles. The van der Waals surface area contributed by atoms with E-state index in [-0.39, 0.29) is 24.4 Å². The van der Waals surface area contributed by atoms with Gasteiger partial charge >= 0.3 is 5.97 Å². The molecule has 0 aliphatic carbocycles. The zero-order valence-corrected chi connectivity index (χ0v) is 17.7. The molecule has 0 N–H and O–H groups in total. The summed E-state index contributed by atoms with van der Waals surface area (Å²) in [6.07, 6.45) is 2.81. The van der Waals surface area contributed by atoms with Crippen LogP contribution in [0, 0.1) is 6.92 Å². The highest BCUT2D eigenvalue weighted by Crippen LogP contribution is 2.36. The number of aryl methyl sites for hydroxylation is 1. The minimum Gasteiger partial charge on any atom is -0.461 e. The highest BCUT2D eigenvalue weighted by atomic mass is 35.5. The van der Waals surface area contributed by atoms with Gasteiger partial charge in [0.25, 0.3) is 0 Å². The largest absolute Gasteiger partial charge is 0.461 e. The molecule has 1 aliphatic rings. The second kappa shape index (κ2) is 8.02. The summed E-state index contributed by atoms with van der Waals surface area (Å²) in [6.45, 7) is 7.06. The number of ether oxygens (including phenoxy) is 1. The SMILES string of the molecule is CCOC(=O)c1c(C)nc2c(N3CCc4ccc(Cl)cc4C3C)cccn12.Cl. The first-order valence-corrected chi connectivity index (χ1v) is 9.58. The van der Waals surface area contributed by atoms with Gasteiger partial charge in [-0.25, -0.2) is 9.78 Å². The number of fused-ring (bicyclic) bond motifs is 2. The van der Waals surface area contributed by atoms with E-state index in [9.17, 15) is 4.79 Å². The van der Waals surface area contributed by atoms with Gasteiger partial charge in [-0.05, 0) is 62.6 Å². The maximum absolute atomic E-state index is 12.4. The fraction of sp³-hybridized carbons (Fsp3) is 0.333. The Labute approximate surface area is 175 Å². The molecule has 0 amide bonds. The summed E-state index contributed by atoms with van der Waals surface area (Å²) in [7, 11) is 0. The number of anilines is 1. The molecule has 0 bridgehead atoms. The second-order valence-electron chi connectivity index (χ2n) is 6.82. The third kappa shape index (κ3) is 3.33. The Morgan fingerprint density at radius 2 is 2.14 bits per heavy atom. The molecule has 1 atom stereocenters. The monoisotopic (exact) mass is 419 g/mol. The number of benzene rings is 1. The molecule has 3 heterocycles. The van der Waals surface area contributed by atoms with Crippen LogP contribution in [0.25, 0.3) is 5.65 Å². The van der Waals surface area contributed by atoms with Crippen molar-refractivity contribution < 1.29 is 9.53 Å². The van der Waals surface area contributed by atoms with E-state index in [1.807, 2.05) is 29.7 Å². The molecule has 1 aromatic carbocycles. The van der Waals surface area contributed by atoms with Gasteiger partial charge < -0.3 is 9.64 Å². The van der Waals surface area contributed by atoms with Crippen molar-refractivity contribution >= 4 is 41.3 Å². The molecule has 3 aromatic rings. The predicted octanol–water partition coefficient (Wildman–Crippen LogP) is 5.02. The van der Waals surface area contributed by atoms with E-state index in [0.29, 0.717) is 18.0 Å². The van der Waals surface area contributed by atoms with Crippen LogP contribution < -0.4 is 4.90 Å². The molecule has 0 spiro atoms. The summed E-state index contributed by atoms with van der Waals surface area (Å²) in [5, 5.41) is 0.752. The average Bonchev–Trinajstić information content (AvgIpc) is 2.99. The van der Waals surface area contributed by atoms with Gasteiger partial charge in [0.05, 0.1) is 24.0 Å². The fourth-order valence-electron chi connectivity index (χ4n) is 3.95. The highest BCUT2D eigenvalue weighted by Gasteiger charge is 2.27. The van der Waals surface area contributed by atoms with Crippen LogP contribution in [-0.2, 0) is 11.2 Å². The minimum absolute atomic E-state index is 0. The van der Waals surface area contributed by atoms with Crippen LogP contribution in [0.15, 0.2) is 36.5 Å². The second-order valence-corrected chi connectivity index (χ2v) is 7.25. The zero-order valence-electron chi connectivity index (χ0n) is 16.1. The number of hydrogen-bond donors (Lipinski definition) is 0. The van der Waals surface area contributed by atoms with E-state index in [1.54, 1.807) is 6.92 Å². The van der Waals surface area contributed by atoms with E-state index >= 15 is 0 Å². The molecular formula is C21H23Cl2N3O2. The molecule has 2 aromatic heterocycles. The van der Waals surface area contributed by atoms with Crippen LogP contribution in [0.2, 0.25) is 5.02 Å². The molecule has 7 heteroatoms. The number of nitrogens with zero attached hydrogens (tertiary/aromatic N) is 3. The first-order chi connectivity index (χ1) is 13.0. The highest BCUT2D eigenvalue weighted by molar-refractivity contribution is 6.30. The Morgan fingerprint density at radius 1 is 1.36 bits per heavy atom. The summed E-state index contributed by atoms with van der Waals surface area (Å²) in [5.74, 6) is -0.344. The molecule has 1 aliphatic heterocycles. The standard InChI is InChI=1S/C21H22ClN3O2.ClH/c1-4-27-21(26)19-13(2)23-20-18(6-5-10-25(19)20)24-11-9-15-7-8-16(22)12-17(15)14(24)3;/h5-8,10,12,14H,4,9,11H2,1-3H3;1H. The normalized spacial score (nSPS) is 15.9. The molecule has 0 saturated heterocycles. The number of aromatic nitrogens is 2. The van der Waals surface area contributed by atoms with Crippen molar-refractivity contribution in [3.8, 4) is 0 Å². The van der Waals surface area contributed by atoms with Gasteiger partial charge in [0, 0.05) is 17.8 Å². The Hall–Kier alpha value is -2.24. The predicted molar refractivity (Wildman–Crippen MR) is 114 cm³/mol. The topological polar surface area (TPSA) is 46.8 Å². The van der Waals surface area contributed by atoms with Gasteiger partial charge in [0.2, 0.25) is 0 Å². The lowest BCUT2D eigenvalue weighted by Crippen LogP contribution is -2.34. The van der Waals surface area contributed by atoms with Gasteiger partial charge in [0.15, 0.2) is 11.3 Å². The molecule has 4 rings (SSSR count). The molecule has 28 heavy (non-hydrogen) atoms. The zero-order chi connectivity index (χ0) is 19.1. The summed E-state index contributed by atoms with van der Waals surface area (Å²) in [4.78, 5) is 19.4.